The van der Waals surface area contributed by atoms with E-state index in [0.29, 0.717) is 0 Å². The predicted octanol–water partition coefficient (Wildman–Crippen LogP) is -0.288. The maximum Gasteiger partial charge on any atom is 0.214 e. The molecule has 0 radical (unpaired) electrons. The summed E-state index contributed by atoms with van der Waals surface area (Å²) in [6, 6.07) is -0.445. The Morgan fingerprint density at radius 1 is 1.36 bits per heavy atom. The number of aliphatic hydroxyl groups excluding tert-OH is 1. The SMILES string of the molecule is CC(CO)NS(=O)(=O)CCOC(C)C. The van der Waals surface area contributed by atoms with Gasteiger partial charge in [-0.3, -0.25) is 0 Å². The third-order valence-corrected chi connectivity index (χ3v) is 2.92. The van der Waals surface area contributed by atoms with Gasteiger partial charge < -0.3 is 9.84 Å². The van der Waals surface area contributed by atoms with Gasteiger partial charge in [-0.15, -0.1) is 0 Å². The molecule has 0 bridgehead atoms. The van der Waals surface area contributed by atoms with E-state index in [-0.39, 0.29) is 25.1 Å². The Labute approximate surface area is 85.5 Å². The third kappa shape index (κ3) is 7.25. The summed E-state index contributed by atoms with van der Waals surface area (Å²) in [4.78, 5) is 0. The van der Waals surface area contributed by atoms with Crippen molar-refractivity contribution >= 4 is 10.0 Å². The smallest absolute Gasteiger partial charge is 0.214 e. The minimum Gasteiger partial charge on any atom is -0.395 e. The second kappa shape index (κ2) is 6.34. The molecule has 2 N–H and O–H groups in total. The van der Waals surface area contributed by atoms with Gasteiger partial charge in [0.1, 0.15) is 0 Å². The van der Waals surface area contributed by atoms with Gasteiger partial charge in [0.15, 0.2) is 0 Å². The molecule has 0 amide bonds. The molecule has 0 saturated heterocycles. The number of rotatable bonds is 7. The van der Waals surface area contributed by atoms with Crippen LogP contribution in [-0.4, -0.2) is 44.6 Å². The van der Waals surface area contributed by atoms with Crippen LogP contribution in [0.4, 0.5) is 0 Å². The van der Waals surface area contributed by atoms with Crippen molar-refractivity contribution in [3.05, 3.63) is 0 Å². The fourth-order valence-corrected chi connectivity index (χ4v) is 1.92. The van der Waals surface area contributed by atoms with Crippen LogP contribution in [0.1, 0.15) is 20.8 Å². The van der Waals surface area contributed by atoms with E-state index in [9.17, 15) is 8.42 Å². The summed E-state index contributed by atoms with van der Waals surface area (Å²) >= 11 is 0. The summed E-state index contributed by atoms with van der Waals surface area (Å²) in [5.41, 5.74) is 0. The van der Waals surface area contributed by atoms with Gasteiger partial charge >= 0.3 is 0 Å². The predicted molar refractivity (Wildman–Crippen MR) is 54.6 cm³/mol. The Hall–Kier alpha value is -0.170. The van der Waals surface area contributed by atoms with Crippen LogP contribution in [-0.2, 0) is 14.8 Å². The first-order valence-electron chi connectivity index (χ1n) is 4.60. The van der Waals surface area contributed by atoms with E-state index in [1.165, 1.54) is 0 Å². The van der Waals surface area contributed by atoms with Gasteiger partial charge in [0.25, 0.3) is 0 Å². The van der Waals surface area contributed by atoms with Crippen molar-refractivity contribution in [3.63, 3.8) is 0 Å². The first kappa shape index (κ1) is 13.8. The van der Waals surface area contributed by atoms with E-state index in [0.717, 1.165) is 0 Å². The number of hydrogen-bond acceptors (Lipinski definition) is 4. The van der Waals surface area contributed by atoms with Crippen LogP contribution in [0.3, 0.4) is 0 Å². The molecule has 5 nitrogen and oxygen atoms in total. The lowest BCUT2D eigenvalue weighted by Gasteiger charge is -2.12. The van der Waals surface area contributed by atoms with Gasteiger partial charge in [0, 0.05) is 6.04 Å². The molecule has 0 aliphatic heterocycles. The van der Waals surface area contributed by atoms with Crippen molar-refractivity contribution in [2.75, 3.05) is 19.0 Å². The van der Waals surface area contributed by atoms with Gasteiger partial charge in [-0.2, -0.15) is 0 Å². The molecule has 0 aromatic heterocycles. The zero-order valence-electron chi connectivity index (χ0n) is 8.86. The van der Waals surface area contributed by atoms with Crippen molar-refractivity contribution < 1.29 is 18.3 Å². The Balaban J connectivity index is 3.84. The zero-order valence-corrected chi connectivity index (χ0v) is 9.67. The van der Waals surface area contributed by atoms with Crippen molar-refractivity contribution in [2.45, 2.75) is 32.9 Å². The normalized spacial score (nSPS) is 14.6. The molecule has 6 heteroatoms. The van der Waals surface area contributed by atoms with Gasteiger partial charge in [-0.25, -0.2) is 13.1 Å². The molecule has 0 aromatic rings. The summed E-state index contributed by atoms with van der Waals surface area (Å²) < 4.78 is 30.0. The molecule has 0 aliphatic carbocycles. The van der Waals surface area contributed by atoms with Crippen LogP contribution in [0.2, 0.25) is 0 Å². The highest BCUT2D eigenvalue weighted by atomic mass is 32.2. The zero-order chi connectivity index (χ0) is 11.2. The number of ether oxygens (including phenoxy) is 1. The highest BCUT2D eigenvalue weighted by Crippen LogP contribution is 1.92. The molecule has 0 aliphatic rings. The average Bonchev–Trinajstić information content (AvgIpc) is 2.02. The van der Waals surface area contributed by atoms with E-state index in [1.807, 2.05) is 13.8 Å². The van der Waals surface area contributed by atoms with Crippen molar-refractivity contribution in [1.82, 2.24) is 4.72 Å². The molecule has 14 heavy (non-hydrogen) atoms. The molecular weight excluding hydrogens is 206 g/mol. The molecule has 0 rings (SSSR count). The highest BCUT2D eigenvalue weighted by Gasteiger charge is 2.13. The molecule has 0 aromatic carbocycles. The Morgan fingerprint density at radius 3 is 2.36 bits per heavy atom. The first-order chi connectivity index (χ1) is 6.37. The van der Waals surface area contributed by atoms with E-state index in [1.54, 1.807) is 6.92 Å². The van der Waals surface area contributed by atoms with E-state index < -0.39 is 16.1 Å². The number of aliphatic hydroxyl groups is 1. The Morgan fingerprint density at radius 2 is 1.93 bits per heavy atom. The van der Waals surface area contributed by atoms with Crippen LogP contribution in [0.15, 0.2) is 0 Å². The molecule has 0 saturated carbocycles. The van der Waals surface area contributed by atoms with Crippen LogP contribution >= 0.6 is 0 Å². The molecule has 86 valence electrons. The van der Waals surface area contributed by atoms with Crippen LogP contribution in [0.5, 0.6) is 0 Å². The Kier molecular flexibility index (Phi) is 6.26. The topological polar surface area (TPSA) is 75.6 Å². The van der Waals surface area contributed by atoms with Gasteiger partial charge in [-0.1, -0.05) is 0 Å². The number of sulfonamides is 1. The Bertz CT molecular complexity index is 238. The van der Waals surface area contributed by atoms with Crippen LogP contribution in [0.25, 0.3) is 0 Å². The fourth-order valence-electron chi connectivity index (χ4n) is 0.796. The van der Waals surface area contributed by atoms with Crippen LogP contribution in [0, 0.1) is 0 Å². The summed E-state index contributed by atoms with van der Waals surface area (Å²) in [5, 5.41) is 8.65. The first-order valence-corrected chi connectivity index (χ1v) is 6.25. The van der Waals surface area contributed by atoms with E-state index in [4.69, 9.17) is 9.84 Å². The second-order valence-electron chi connectivity index (χ2n) is 3.44. The maximum absolute atomic E-state index is 11.3. The molecule has 0 spiro atoms. The quantitative estimate of drug-likeness (QED) is 0.624. The second-order valence-corrected chi connectivity index (χ2v) is 5.31. The lowest BCUT2D eigenvalue weighted by Crippen LogP contribution is -2.37. The van der Waals surface area contributed by atoms with Crippen LogP contribution < -0.4 is 4.72 Å². The van der Waals surface area contributed by atoms with Crippen molar-refractivity contribution in [1.29, 1.82) is 0 Å². The minimum atomic E-state index is -3.32. The number of hydrogen-bond donors (Lipinski definition) is 2. The van der Waals surface area contributed by atoms with Crippen molar-refractivity contribution in [3.8, 4) is 0 Å². The maximum atomic E-state index is 11.3. The van der Waals surface area contributed by atoms with Gasteiger partial charge in [0.05, 0.1) is 25.1 Å². The molecular formula is C8H19NO4S. The molecule has 1 atom stereocenters. The minimum absolute atomic E-state index is 0.0282. The lowest BCUT2D eigenvalue weighted by molar-refractivity contribution is 0.0911. The average molecular weight is 225 g/mol. The highest BCUT2D eigenvalue weighted by molar-refractivity contribution is 7.89. The van der Waals surface area contributed by atoms with E-state index >= 15 is 0 Å². The van der Waals surface area contributed by atoms with Gasteiger partial charge in [0.2, 0.25) is 10.0 Å². The monoisotopic (exact) mass is 225 g/mol. The lowest BCUT2D eigenvalue weighted by atomic mass is 10.4. The van der Waals surface area contributed by atoms with E-state index in [2.05, 4.69) is 4.72 Å². The summed E-state index contributed by atoms with van der Waals surface area (Å²) in [5.74, 6) is -0.0739. The fraction of sp³-hybridized carbons (Fsp3) is 1.00. The molecule has 1 unspecified atom stereocenters. The van der Waals surface area contributed by atoms with Gasteiger partial charge in [-0.05, 0) is 20.8 Å². The van der Waals surface area contributed by atoms with Crippen molar-refractivity contribution in [2.24, 2.45) is 0 Å². The summed E-state index contributed by atoms with van der Waals surface area (Å²) in [6.07, 6.45) is 0.0282. The molecule has 0 heterocycles. The summed E-state index contributed by atoms with van der Waals surface area (Å²) in [6.45, 7) is 5.25. The number of nitrogens with one attached hydrogen (secondary N) is 1. The largest absolute Gasteiger partial charge is 0.395 e. The standard InChI is InChI=1S/C8H19NO4S/c1-7(2)13-4-5-14(11,12)9-8(3)6-10/h7-10H,4-6H2,1-3H3. The third-order valence-electron chi connectivity index (χ3n) is 1.46. The molecule has 0 fully saturated rings. The summed E-state index contributed by atoms with van der Waals surface area (Å²) in [7, 11) is -3.32.